The molecular weight excluding hydrogens is 328 g/mol. The predicted molar refractivity (Wildman–Crippen MR) is 93.8 cm³/mol. The van der Waals surface area contributed by atoms with Gasteiger partial charge in [0, 0.05) is 16.7 Å². The minimum absolute atomic E-state index is 0.612. The van der Waals surface area contributed by atoms with E-state index < -0.39 is 0 Å². The lowest BCUT2D eigenvalue weighted by Gasteiger charge is -2.17. The monoisotopic (exact) mass is 346 g/mol. The number of hydrogen-bond acceptors (Lipinski definition) is 7. The second-order valence-corrected chi connectivity index (χ2v) is 8.17. The van der Waals surface area contributed by atoms with E-state index in [1.54, 1.807) is 23.1 Å². The average Bonchev–Trinajstić information content (AvgIpc) is 3.07. The lowest BCUT2D eigenvalue weighted by molar-refractivity contribution is 0.393. The van der Waals surface area contributed by atoms with E-state index in [1.807, 2.05) is 13.0 Å². The fourth-order valence-electron chi connectivity index (χ4n) is 3.04. The molecule has 7 heteroatoms. The molecule has 120 valence electrons. The second kappa shape index (κ2) is 5.79. The Balaban J connectivity index is 1.64. The van der Waals surface area contributed by atoms with E-state index in [0.717, 1.165) is 40.4 Å². The molecule has 0 radical (unpaired) electrons. The van der Waals surface area contributed by atoms with Crippen LogP contribution < -0.4 is 5.73 Å². The topological polar surface area (TPSA) is 77.8 Å². The van der Waals surface area contributed by atoms with Crippen LogP contribution in [0.5, 0.6) is 0 Å². The van der Waals surface area contributed by atoms with Gasteiger partial charge in [0.2, 0.25) is 0 Å². The molecular formula is C16H18N4OS2. The molecule has 3 aromatic rings. The van der Waals surface area contributed by atoms with Gasteiger partial charge < -0.3 is 10.3 Å². The van der Waals surface area contributed by atoms with Crippen molar-refractivity contribution in [2.45, 2.75) is 44.0 Å². The summed E-state index contributed by atoms with van der Waals surface area (Å²) in [5.74, 6) is 2.86. The fourth-order valence-corrected chi connectivity index (χ4v) is 5.22. The number of aryl methyl sites for hydroxylation is 2. The van der Waals surface area contributed by atoms with Crippen LogP contribution in [0.4, 0.5) is 5.82 Å². The molecule has 0 bridgehead atoms. The Morgan fingerprint density at radius 3 is 3.09 bits per heavy atom. The van der Waals surface area contributed by atoms with Crippen molar-refractivity contribution < 1.29 is 4.52 Å². The minimum Gasteiger partial charge on any atom is -0.383 e. The molecule has 1 atom stereocenters. The van der Waals surface area contributed by atoms with Crippen LogP contribution in [-0.2, 0) is 18.6 Å². The van der Waals surface area contributed by atoms with E-state index in [-0.39, 0.29) is 0 Å². The van der Waals surface area contributed by atoms with Gasteiger partial charge in [-0.05, 0) is 37.7 Å². The Kier molecular flexibility index (Phi) is 3.77. The van der Waals surface area contributed by atoms with Crippen LogP contribution in [0.1, 0.15) is 35.2 Å². The summed E-state index contributed by atoms with van der Waals surface area (Å²) in [5, 5.41) is 5.79. The van der Waals surface area contributed by atoms with Crippen LogP contribution in [0.25, 0.3) is 10.2 Å². The summed E-state index contributed by atoms with van der Waals surface area (Å²) in [5.41, 5.74) is 8.52. The molecule has 23 heavy (non-hydrogen) atoms. The smallest absolute Gasteiger partial charge is 0.191 e. The van der Waals surface area contributed by atoms with Crippen molar-refractivity contribution in [2.24, 2.45) is 5.92 Å². The summed E-state index contributed by atoms with van der Waals surface area (Å²) in [6, 6.07) is 1.93. The van der Waals surface area contributed by atoms with Gasteiger partial charge in [-0.25, -0.2) is 9.97 Å². The van der Waals surface area contributed by atoms with Gasteiger partial charge in [-0.1, -0.05) is 23.8 Å². The van der Waals surface area contributed by atoms with Crippen molar-refractivity contribution in [3.05, 3.63) is 28.0 Å². The van der Waals surface area contributed by atoms with Gasteiger partial charge in [-0.3, -0.25) is 0 Å². The molecule has 4 rings (SSSR count). The second-order valence-electron chi connectivity index (χ2n) is 6.14. The molecule has 0 spiro atoms. The largest absolute Gasteiger partial charge is 0.383 e. The van der Waals surface area contributed by atoms with Crippen LogP contribution in [-0.4, -0.2) is 15.1 Å². The molecule has 1 aliphatic rings. The zero-order chi connectivity index (χ0) is 16.0. The minimum atomic E-state index is 0.612. The third-order valence-electron chi connectivity index (χ3n) is 4.19. The third-order valence-corrected chi connectivity index (χ3v) is 6.22. The molecule has 0 aliphatic heterocycles. The van der Waals surface area contributed by atoms with E-state index in [0.29, 0.717) is 16.7 Å². The lowest BCUT2D eigenvalue weighted by Crippen LogP contribution is -2.09. The highest BCUT2D eigenvalue weighted by molar-refractivity contribution is 7.98. The van der Waals surface area contributed by atoms with Crippen LogP contribution in [0.3, 0.4) is 0 Å². The van der Waals surface area contributed by atoms with E-state index >= 15 is 0 Å². The summed E-state index contributed by atoms with van der Waals surface area (Å²) in [7, 11) is 0. The first kappa shape index (κ1) is 15.0. The quantitative estimate of drug-likeness (QED) is 0.571. The first-order valence-corrected chi connectivity index (χ1v) is 9.53. The summed E-state index contributed by atoms with van der Waals surface area (Å²) < 4.78 is 5.09. The summed E-state index contributed by atoms with van der Waals surface area (Å²) in [4.78, 5) is 11.7. The predicted octanol–water partition coefficient (Wildman–Crippen LogP) is 3.99. The van der Waals surface area contributed by atoms with E-state index in [4.69, 9.17) is 15.2 Å². The highest BCUT2D eigenvalue weighted by Crippen LogP contribution is 2.40. The normalized spacial score (nSPS) is 17.6. The van der Waals surface area contributed by atoms with Gasteiger partial charge >= 0.3 is 0 Å². The number of anilines is 1. The van der Waals surface area contributed by atoms with Crippen molar-refractivity contribution >= 4 is 39.1 Å². The van der Waals surface area contributed by atoms with Gasteiger partial charge in [0.1, 0.15) is 16.4 Å². The Morgan fingerprint density at radius 2 is 2.30 bits per heavy atom. The molecule has 5 nitrogen and oxygen atoms in total. The van der Waals surface area contributed by atoms with Crippen molar-refractivity contribution in [3.63, 3.8) is 0 Å². The van der Waals surface area contributed by atoms with Crippen LogP contribution in [0, 0.1) is 12.8 Å². The average molecular weight is 346 g/mol. The molecule has 2 N–H and O–H groups in total. The first-order chi connectivity index (χ1) is 11.1. The number of thioether (sulfide) groups is 1. The molecule has 1 unspecified atom stereocenters. The summed E-state index contributed by atoms with van der Waals surface area (Å²) in [6.45, 7) is 4.20. The molecule has 1 aliphatic carbocycles. The number of thiophene rings is 1. The van der Waals surface area contributed by atoms with Gasteiger partial charge in [0.25, 0.3) is 0 Å². The van der Waals surface area contributed by atoms with Gasteiger partial charge in [-0.15, -0.1) is 11.3 Å². The zero-order valence-corrected chi connectivity index (χ0v) is 14.8. The van der Waals surface area contributed by atoms with Gasteiger partial charge in [0.15, 0.2) is 5.16 Å². The van der Waals surface area contributed by atoms with Crippen molar-refractivity contribution in [1.29, 1.82) is 0 Å². The number of hydrogen-bond donors (Lipinski definition) is 1. The molecule has 0 saturated carbocycles. The van der Waals surface area contributed by atoms with E-state index in [2.05, 4.69) is 17.1 Å². The summed E-state index contributed by atoms with van der Waals surface area (Å²) in [6.07, 6.45) is 3.45. The Morgan fingerprint density at radius 1 is 1.43 bits per heavy atom. The Hall–Kier alpha value is -1.60. The number of aromatic nitrogens is 3. The maximum atomic E-state index is 6.24. The number of nitrogen functional groups attached to an aromatic ring is 1. The standard InChI is InChI=1S/C16H18N4OS2/c1-8-3-4-11-12(5-8)23-15-13(11)14(17)18-16(19-15)22-7-10-6-9(2)21-20-10/h6,8H,3-5,7H2,1-2H3,(H2,17,18,19). The number of nitrogens with zero attached hydrogens (tertiary/aromatic N) is 3. The SMILES string of the molecule is Cc1cc(CSc2nc(N)c3c4c(sc3n2)CC(C)CC4)no1. The van der Waals surface area contributed by atoms with Crippen molar-refractivity contribution in [2.75, 3.05) is 5.73 Å². The van der Waals surface area contributed by atoms with E-state index in [9.17, 15) is 0 Å². The number of fused-ring (bicyclic) bond motifs is 3. The fraction of sp³-hybridized carbons (Fsp3) is 0.438. The lowest BCUT2D eigenvalue weighted by atomic mass is 9.89. The maximum Gasteiger partial charge on any atom is 0.191 e. The third kappa shape index (κ3) is 2.83. The number of nitrogens with two attached hydrogens (primary N) is 1. The van der Waals surface area contributed by atoms with Gasteiger partial charge in [-0.2, -0.15) is 0 Å². The molecule has 3 aromatic heterocycles. The first-order valence-electron chi connectivity index (χ1n) is 7.73. The number of rotatable bonds is 3. The zero-order valence-electron chi connectivity index (χ0n) is 13.1. The summed E-state index contributed by atoms with van der Waals surface area (Å²) >= 11 is 3.32. The molecule has 0 amide bonds. The van der Waals surface area contributed by atoms with Crippen molar-refractivity contribution in [3.8, 4) is 0 Å². The maximum absolute atomic E-state index is 6.24. The molecule has 0 aromatic carbocycles. The van der Waals surface area contributed by atoms with E-state index in [1.165, 1.54) is 16.9 Å². The van der Waals surface area contributed by atoms with Gasteiger partial charge in [0.05, 0.1) is 11.1 Å². The van der Waals surface area contributed by atoms with Crippen molar-refractivity contribution in [1.82, 2.24) is 15.1 Å². The molecule has 3 heterocycles. The van der Waals surface area contributed by atoms with Crippen LogP contribution >= 0.6 is 23.1 Å². The Bertz CT molecular complexity index is 870. The van der Waals surface area contributed by atoms with Crippen LogP contribution in [0.2, 0.25) is 0 Å². The molecule has 0 saturated heterocycles. The molecule has 0 fully saturated rings. The Labute approximate surface area is 142 Å². The van der Waals surface area contributed by atoms with Crippen LogP contribution in [0.15, 0.2) is 15.7 Å². The highest BCUT2D eigenvalue weighted by Gasteiger charge is 2.23. The highest BCUT2D eigenvalue weighted by atomic mass is 32.2.